The summed E-state index contributed by atoms with van der Waals surface area (Å²) in [5.74, 6) is 0.869. The second-order valence-corrected chi connectivity index (χ2v) is 5.21. The van der Waals surface area contributed by atoms with Crippen molar-refractivity contribution in [1.29, 1.82) is 0 Å². The van der Waals surface area contributed by atoms with Crippen LogP contribution in [-0.2, 0) is 9.53 Å². The molecule has 0 saturated heterocycles. The van der Waals surface area contributed by atoms with Gasteiger partial charge in [0.15, 0.2) is 5.78 Å². The minimum Gasteiger partial charge on any atom is -0.494 e. The van der Waals surface area contributed by atoms with E-state index in [9.17, 15) is 9.59 Å². The lowest BCUT2D eigenvalue weighted by molar-refractivity contribution is -0.140. The molecule has 0 radical (unpaired) electrons. The van der Waals surface area contributed by atoms with Gasteiger partial charge in [-0.3, -0.25) is 9.59 Å². The molecule has 128 valence electrons. The maximum Gasteiger partial charge on any atom is 0.305 e. The molecule has 0 bridgehead atoms. The van der Waals surface area contributed by atoms with Gasteiger partial charge in [-0.25, -0.2) is 0 Å². The molecule has 0 aliphatic rings. The highest BCUT2D eigenvalue weighted by atomic mass is 16.5. The van der Waals surface area contributed by atoms with Crippen LogP contribution in [0.5, 0.6) is 11.5 Å². The molecular weight excluding hydrogens is 296 g/mol. The molecule has 0 unspecified atom stereocenters. The van der Waals surface area contributed by atoms with E-state index in [0.717, 1.165) is 12.8 Å². The van der Waals surface area contributed by atoms with Crippen LogP contribution in [0.3, 0.4) is 0 Å². The summed E-state index contributed by atoms with van der Waals surface area (Å²) in [5.41, 5.74) is 0.511. The Kier molecular flexibility index (Phi) is 8.80. The fourth-order valence-electron chi connectivity index (χ4n) is 2.00. The standard InChI is InChI=1S/C18H26O5/c1-4-11-22-14-9-10-17(23-12-5-2)15(13-14)16(19)7-6-8-18(20)21-3/h9-10,13H,4-8,11-12H2,1-3H3. The average molecular weight is 322 g/mol. The molecule has 5 heteroatoms. The number of carbonyl (C=O) groups excluding carboxylic acids is 2. The number of hydrogen-bond donors (Lipinski definition) is 0. The van der Waals surface area contributed by atoms with Crippen molar-refractivity contribution in [3.63, 3.8) is 0 Å². The molecule has 0 aromatic heterocycles. The largest absolute Gasteiger partial charge is 0.494 e. The van der Waals surface area contributed by atoms with Crippen molar-refractivity contribution in [1.82, 2.24) is 0 Å². The van der Waals surface area contributed by atoms with Crippen molar-refractivity contribution < 1.29 is 23.8 Å². The Balaban J connectivity index is 2.80. The average Bonchev–Trinajstić information content (AvgIpc) is 2.58. The molecule has 1 aromatic rings. The number of carbonyl (C=O) groups is 2. The maximum atomic E-state index is 12.4. The summed E-state index contributed by atoms with van der Waals surface area (Å²) in [6, 6.07) is 5.31. The number of benzene rings is 1. The Morgan fingerprint density at radius 2 is 1.70 bits per heavy atom. The monoisotopic (exact) mass is 322 g/mol. The van der Waals surface area contributed by atoms with E-state index >= 15 is 0 Å². The Bertz CT molecular complexity index is 510. The molecule has 5 nitrogen and oxygen atoms in total. The molecule has 23 heavy (non-hydrogen) atoms. The van der Waals surface area contributed by atoms with Gasteiger partial charge in [-0.1, -0.05) is 13.8 Å². The van der Waals surface area contributed by atoms with Crippen molar-refractivity contribution in [2.75, 3.05) is 20.3 Å². The van der Waals surface area contributed by atoms with E-state index in [1.54, 1.807) is 12.1 Å². The van der Waals surface area contributed by atoms with Crippen LogP contribution < -0.4 is 9.47 Å². The van der Waals surface area contributed by atoms with Gasteiger partial charge < -0.3 is 14.2 Å². The Hall–Kier alpha value is -2.04. The molecule has 0 heterocycles. The molecule has 0 aliphatic carbocycles. The fourth-order valence-corrected chi connectivity index (χ4v) is 2.00. The Labute approximate surface area is 137 Å². The maximum absolute atomic E-state index is 12.4. The molecule has 0 fully saturated rings. The van der Waals surface area contributed by atoms with Gasteiger partial charge in [0.1, 0.15) is 11.5 Å². The summed E-state index contributed by atoms with van der Waals surface area (Å²) in [6.45, 7) is 5.19. The van der Waals surface area contributed by atoms with Gasteiger partial charge in [-0.15, -0.1) is 0 Å². The van der Waals surface area contributed by atoms with E-state index in [1.807, 2.05) is 19.9 Å². The van der Waals surface area contributed by atoms with Gasteiger partial charge in [0.05, 0.1) is 25.9 Å². The molecule has 0 saturated carbocycles. The molecule has 0 atom stereocenters. The minimum atomic E-state index is -0.305. The van der Waals surface area contributed by atoms with Gasteiger partial charge in [0.2, 0.25) is 0 Å². The van der Waals surface area contributed by atoms with E-state index in [2.05, 4.69) is 4.74 Å². The highest BCUT2D eigenvalue weighted by Gasteiger charge is 2.15. The lowest BCUT2D eigenvalue weighted by Crippen LogP contribution is -2.07. The molecule has 0 aliphatic heterocycles. The fraction of sp³-hybridized carbons (Fsp3) is 0.556. The predicted molar refractivity (Wildman–Crippen MR) is 88.2 cm³/mol. The lowest BCUT2D eigenvalue weighted by Gasteiger charge is -2.12. The zero-order valence-corrected chi connectivity index (χ0v) is 14.2. The van der Waals surface area contributed by atoms with Crippen LogP contribution in [0.25, 0.3) is 0 Å². The number of hydrogen-bond acceptors (Lipinski definition) is 5. The van der Waals surface area contributed by atoms with Gasteiger partial charge in [0.25, 0.3) is 0 Å². The zero-order valence-electron chi connectivity index (χ0n) is 14.2. The van der Waals surface area contributed by atoms with E-state index in [0.29, 0.717) is 36.7 Å². The van der Waals surface area contributed by atoms with Crippen LogP contribution in [0.4, 0.5) is 0 Å². The summed E-state index contributed by atoms with van der Waals surface area (Å²) < 4.78 is 15.8. The van der Waals surface area contributed by atoms with Crippen LogP contribution in [0.1, 0.15) is 56.3 Å². The van der Waals surface area contributed by atoms with Crippen molar-refractivity contribution in [2.45, 2.75) is 46.0 Å². The van der Waals surface area contributed by atoms with E-state index in [1.165, 1.54) is 7.11 Å². The number of ether oxygens (including phenoxy) is 3. The molecular formula is C18H26O5. The number of esters is 1. The summed E-state index contributed by atoms with van der Waals surface area (Å²) in [7, 11) is 1.34. The predicted octanol–water partition coefficient (Wildman–Crippen LogP) is 3.79. The molecule has 1 rings (SSSR count). The number of methoxy groups -OCH3 is 1. The zero-order chi connectivity index (χ0) is 17.1. The molecule has 0 amide bonds. The number of ketones is 1. The quantitative estimate of drug-likeness (QED) is 0.458. The second-order valence-electron chi connectivity index (χ2n) is 5.21. The van der Waals surface area contributed by atoms with Gasteiger partial charge in [-0.05, 0) is 37.5 Å². The van der Waals surface area contributed by atoms with Gasteiger partial charge in [-0.2, -0.15) is 0 Å². The summed E-state index contributed by atoms with van der Waals surface area (Å²) >= 11 is 0. The van der Waals surface area contributed by atoms with Crippen LogP contribution >= 0.6 is 0 Å². The number of rotatable bonds is 11. The first kappa shape index (κ1) is 19.0. The van der Waals surface area contributed by atoms with Crippen molar-refractivity contribution in [3.8, 4) is 11.5 Å². The van der Waals surface area contributed by atoms with E-state index in [4.69, 9.17) is 9.47 Å². The highest BCUT2D eigenvalue weighted by Crippen LogP contribution is 2.26. The second kappa shape index (κ2) is 10.6. The van der Waals surface area contributed by atoms with Gasteiger partial charge in [0, 0.05) is 12.8 Å². The number of Topliss-reactive ketones (excluding diaryl/α,β-unsaturated/α-hetero) is 1. The first-order valence-electron chi connectivity index (χ1n) is 8.12. The highest BCUT2D eigenvalue weighted by molar-refractivity contribution is 5.99. The van der Waals surface area contributed by atoms with Crippen LogP contribution in [0.15, 0.2) is 18.2 Å². The van der Waals surface area contributed by atoms with Crippen LogP contribution in [0.2, 0.25) is 0 Å². The first-order valence-corrected chi connectivity index (χ1v) is 8.12. The van der Waals surface area contributed by atoms with Crippen molar-refractivity contribution >= 4 is 11.8 Å². The topological polar surface area (TPSA) is 61.8 Å². The smallest absolute Gasteiger partial charge is 0.305 e. The van der Waals surface area contributed by atoms with Crippen LogP contribution in [0, 0.1) is 0 Å². The normalized spacial score (nSPS) is 10.2. The molecule has 1 aromatic carbocycles. The third-order valence-corrected chi connectivity index (χ3v) is 3.20. The summed E-state index contributed by atoms with van der Waals surface area (Å²) in [4.78, 5) is 23.6. The molecule has 0 spiro atoms. The SMILES string of the molecule is CCCOc1ccc(OCCC)c(C(=O)CCCC(=O)OC)c1. The summed E-state index contributed by atoms with van der Waals surface area (Å²) in [5, 5.41) is 0. The lowest BCUT2D eigenvalue weighted by atomic mass is 10.0. The van der Waals surface area contributed by atoms with Crippen molar-refractivity contribution in [3.05, 3.63) is 23.8 Å². The van der Waals surface area contributed by atoms with E-state index < -0.39 is 0 Å². The molecule has 0 N–H and O–H groups in total. The first-order chi connectivity index (χ1) is 11.1. The Morgan fingerprint density at radius 1 is 1.00 bits per heavy atom. The van der Waals surface area contributed by atoms with Crippen molar-refractivity contribution in [2.24, 2.45) is 0 Å². The third kappa shape index (κ3) is 6.72. The Morgan fingerprint density at radius 3 is 2.35 bits per heavy atom. The van der Waals surface area contributed by atoms with Crippen LogP contribution in [-0.4, -0.2) is 32.1 Å². The third-order valence-electron chi connectivity index (χ3n) is 3.20. The minimum absolute atomic E-state index is 0.0537. The van der Waals surface area contributed by atoms with Gasteiger partial charge >= 0.3 is 5.97 Å². The summed E-state index contributed by atoms with van der Waals surface area (Å²) in [6.07, 6.45) is 2.73. The van der Waals surface area contributed by atoms with E-state index in [-0.39, 0.29) is 24.6 Å².